The first-order valence-electron chi connectivity index (χ1n) is 9.59. The van der Waals surface area contributed by atoms with Gasteiger partial charge in [-0.1, -0.05) is 12.1 Å². The van der Waals surface area contributed by atoms with Crippen LogP contribution in [0.4, 0.5) is 5.82 Å². The third kappa shape index (κ3) is 2.98. The number of pyridine rings is 2. The summed E-state index contributed by atoms with van der Waals surface area (Å²) in [6.07, 6.45) is 6.16. The van der Waals surface area contributed by atoms with Crippen LogP contribution in [0.3, 0.4) is 0 Å². The first-order chi connectivity index (χ1) is 13.7. The van der Waals surface area contributed by atoms with Crippen LogP contribution in [0.2, 0.25) is 0 Å². The van der Waals surface area contributed by atoms with Gasteiger partial charge in [0.2, 0.25) is 0 Å². The first kappa shape index (κ1) is 17.1. The van der Waals surface area contributed by atoms with Gasteiger partial charge in [-0.25, -0.2) is 9.97 Å². The summed E-state index contributed by atoms with van der Waals surface area (Å²) < 4.78 is 0. The van der Waals surface area contributed by atoms with Crippen LogP contribution in [0.25, 0.3) is 33.1 Å². The maximum Gasteiger partial charge on any atom is 0.150 e. The minimum Gasteiger partial charge on any atom is -0.382 e. The van der Waals surface area contributed by atoms with E-state index in [-0.39, 0.29) is 0 Å². The molecule has 3 aromatic heterocycles. The molecule has 1 saturated heterocycles. The van der Waals surface area contributed by atoms with Gasteiger partial charge in [-0.2, -0.15) is 0 Å². The van der Waals surface area contributed by atoms with Crippen molar-refractivity contribution in [1.82, 2.24) is 24.8 Å². The second-order valence-corrected chi connectivity index (χ2v) is 7.32. The second-order valence-electron chi connectivity index (χ2n) is 7.32. The number of aromatic amines is 1. The number of hydrogen-bond acceptors (Lipinski definition) is 6. The molecule has 1 aliphatic rings. The molecule has 1 unspecified atom stereocenters. The Morgan fingerprint density at radius 1 is 1.18 bits per heavy atom. The molecule has 7 heteroatoms. The summed E-state index contributed by atoms with van der Waals surface area (Å²) in [6.45, 7) is 1.45. The number of nitrogens with two attached hydrogens (primary N) is 1. The number of aromatic nitrogens is 4. The fourth-order valence-electron chi connectivity index (χ4n) is 3.95. The second kappa shape index (κ2) is 6.85. The standard InChI is InChI=1S/C21H22N6O/c22-21-20-19(25-17(26-20)12-27-9-2-1-5-18(27)28)15-7-6-13(10-16(15)24-21)14-4-3-8-23-11-14/h3-4,6-8,10-11,18,28H,1-2,5,9,12H2,(H2,22,24)(H,25,26). The molecular formula is C21H22N6O. The number of nitrogen functional groups attached to an aromatic ring is 1. The molecule has 1 aromatic carbocycles. The predicted octanol–water partition coefficient (Wildman–Crippen LogP) is 3.06. The zero-order valence-electron chi connectivity index (χ0n) is 15.5. The number of aliphatic hydroxyl groups excluding tert-OH is 1. The van der Waals surface area contributed by atoms with Gasteiger partial charge in [0.25, 0.3) is 0 Å². The van der Waals surface area contributed by atoms with Gasteiger partial charge in [0.1, 0.15) is 28.9 Å². The van der Waals surface area contributed by atoms with E-state index in [1.165, 1.54) is 0 Å². The van der Waals surface area contributed by atoms with Crippen molar-refractivity contribution in [1.29, 1.82) is 0 Å². The Morgan fingerprint density at radius 3 is 2.93 bits per heavy atom. The van der Waals surface area contributed by atoms with E-state index in [2.05, 4.69) is 21.0 Å². The maximum atomic E-state index is 10.2. The number of benzene rings is 1. The van der Waals surface area contributed by atoms with Crippen molar-refractivity contribution >= 4 is 27.8 Å². The number of piperidine rings is 1. The van der Waals surface area contributed by atoms with Crippen molar-refractivity contribution < 1.29 is 5.11 Å². The molecule has 28 heavy (non-hydrogen) atoms. The molecule has 4 heterocycles. The molecule has 0 amide bonds. The van der Waals surface area contributed by atoms with Crippen LogP contribution in [0, 0.1) is 0 Å². The van der Waals surface area contributed by atoms with E-state index in [0.717, 1.165) is 64.7 Å². The normalized spacial score (nSPS) is 18.1. The third-order valence-corrected chi connectivity index (χ3v) is 5.43. The van der Waals surface area contributed by atoms with Crippen molar-refractivity contribution in [2.75, 3.05) is 12.3 Å². The number of anilines is 1. The molecule has 142 valence electrons. The van der Waals surface area contributed by atoms with Crippen molar-refractivity contribution in [2.24, 2.45) is 0 Å². The summed E-state index contributed by atoms with van der Waals surface area (Å²) in [5, 5.41) is 11.2. The van der Waals surface area contributed by atoms with Crippen LogP contribution in [0.15, 0.2) is 42.7 Å². The summed E-state index contributed by atoms with van der Waals surface area (Å²) in [7, 11) is 0. The fourth-order valence-corrected chi connectivity index (χ4v) is 3.95. The monoisotopic (exact) mass is 374 g/mol. The van der Waals surface area contributed by atoms with Crippen LogP contribution in [0.1, 0.15) is 25.1 Å². The van der Waals surface area contributed by atoms with Gasteiger partial charge in [0.15, 0.2) is 0 Å². The summed E-state index contributed by atoms with van der Waals surface area (Å²) in [5.74, 6) is 1.23. The quantitative estimate of drug-likeness (QED) is 0.509. The largest absolute Gasteiger partial charge is 0.382 e. The summed E-state index contributed by atoms with van der Waals surface area (Å²) in [5.41, 5.74) is 10.7. The lowest BCUT2D eigenvalue weighted by Crippen LogP contribution is -2.38. The SMILES string of the molecule is Nc1nc2cc(-c3cccnc3)ccc2c2nc(CN3CCCCC3O)[nH]c12. The molecule has 4 N–H and O–H groups in total. The predicted molar refractivity (Wildman–Crippen MR) is 109 cm³/mol. The zero-order chi connectivity index (χ0) is 19.1. The van der Waals surface area contributed by atoms with Gasteiger partial charge in [-0.3, -0.25) is 9.88 Å². The number of nitrogens with one attached hydrogen (secondary N) is 1. The number of fused-ring (bicyclic) bond motifs is 3. The van der Waals surface area contributed by atoms with Crippen molar-refractivity contribution in [3.05, 3.63) is 48.5 Å². The summed E-state index contributed by atoms with van der Waals surface area (Å²) in [4.78, 5) is 18.9. The number of hydrogen-bond donors (Lipinski definition) is 3. The number of likely N-dealkylation sites (tertiary alicyclic amines) is 1. The smallest absolute Gasteiger partial charge is 0.150 e. The minimum atomic E-state index is -0.406. The minimum absolute atomic E-state index is 0.406. The Balaban J connectivity index is 1.56. The summed E-state index contributed by atoms with van der Waals surface area (Å²) >= 11 is 0. The highest BCUT2D eigenvalue weighted by Crippen LogP contribution is 2.30. The third-order valence-electron chi connectivity index (χ3n) is 5.43. The number of imidazole rings is 1. The molecule has 1 fully saturated rings. The van der Waals surface area contributed by atoms with Gasteiger partial charge in [-0.05, 0) is 43.0 Å². The Bertz CT molecular complexity index is 1140. The zero-order valence-corrected chi connectivity index (χ0v) is 15.5. The molecule has 0 aliphatic carbocycles. The highest BCUT2D eigenvalue weighted by molar-refractivity contribution is 6.07. The van der Waals surface area contributed by atoms with E-state index in [1.54, 1.807) is 6.20 Å². The average molecular weight is 374 g/mol. The topological polar surface area (TPSA) is 104 Å². The molecule has 0 bridgehead atoms. The Kier molecular flexibility index (Phi) is 4.18. The molecule has 0 saturated carbocycles. The van der Waals surface area contributed by atoms with Crippen LogP contribution >= 0.6 is 0 Å². The van der Waals surface area contributed by atoms with Crippen LogP contribution in [-0.2, 0) is 6.54 Å². The van der Waals surface area contributed by atoms with Crippen molar-refractivity contribution in [3.63, 3.8) is 0 Å². The number of nitrogens with zero attached hydrogens (tertiary/aromatic N) is 4. The molecule has 1 aliphatic heterocycles. The number of H-pyrrole nitrogens is 1. The van der Waals surface area contributed by atoms with Crippen LogP contribution < -0.4 is 5.73 Å². The highest BCUT2D eigenvalue weighted by Gasteiger charge is 2.22. The van der Waals surface area contributed by atoms with Crippen LogP contribution in [-0.4, -0.2) is 42.7 Å². The molecular weight excluding hydrogens is 352 g/mol. The van der Waals surface area contributed by atoms with E-state index in [1.807, 2.05) is 35.4 Å². The van der Waals surface area contributed by atoms with Gasteiger partial charge in [-0.15, -0.1) is 0 Å². The highest BCUT2D eigenvalue weighted by atomic mass is 16.3. The number of aliphatic hydroxyl groups is 1. The van der Waals surface area contributed by atoms with Crippen molar-refractivity contribution in [2.45, 2.75) is 32.0 Å². The molecule has 0 radical (unpaired) electrons. The lowest BCUT2D eigenvalue weighted by molar-refractivity contribution is -0.0303. The van der Waals surface area contributed by atoms with E-state index >= 15 is 0 Å². The van der Waals surface area contributed by atoms with E-state index in [4.69, 9.17) is 10.7 Å². The van der Waals surface area contributed by atoms with Crippen LogP contribution in [0.5, 0.6) is 0 Å². The van der Waals surface area contributed by atoms with Gasteiger partial charge >= 0.3 is 0 Å². The Labute approximate surface area is 162 Å². The van der Waals surface area contributed by atoms with E-state index < -0.39 is 6.23 Å². The molecule has 0 spiro atoms. The molecule has 7 nitrogen and oxygen atoms in total. The molecule has 4 aromatic rings. The number of rotatable bonds is 3. The molecule has 5 rings (SSSR count). The van der Waals surface area contributed by atoms with Gasteiger partial charge in [0, 0.05) is 29.9 Å². The average Bonchev–Trinajstić information content (AvgIpc) is 3.15. The van der Waals surface area contributed by atoms with E-state index in [9.17, 15) is 5.11 Å². The fraction of sp³-hybridized carbons (Fsp3) is 0.286. The van der Waals surface area contributed by atoms with E-state index in [0.29, 0.717) is 12.4 Å². The first-order valence-corrected chi connectivity index (χ1v) is 9.59. The lowest BCUT2D eigenvalue weighted by Gasteiger charge is -2.31. The van der Waals surface area contributed by atoms with Gasteiger partial charge < -0.3 is 15.8 Å². The summed E-state index contributed by atoms with van der Waals surface area (Å²) in [6, 6.07) is 10.0. The van der Waals surface area contributed by atoms with Gasteiger partial charge in [0.05, 0.1) is 12.1 Å². The maximum absolute atomic E-state index is 10.2. The Hall–Kier alpha value is -3.03. The Morgan fingerprint density at radius 2 is 2.11 bits per heavy atom. The molecule has 1 atom stereocenters. The lowest BCUT2D eigenvalue weighted by atomic mass is 10.0. The van der Waals surface area contributed by atoms with Crippen molar-refractivity contribution in [3.8, 4) is 11.1 Å².